The monoisotopic (exact) mass is 541 g/mol. The third-order valence-corrected chi connectivity index (χ3v) is 9.60. The summed E-state index contributed by atoms with van der Waals surface area (Å²) in [4.78, 5) is 14.4. The largest absolute Gasteiger partial charge is 0.489 e. The predicted octanol–water partition coefficient (Wildman–Crippen LogP) is 6.34. The highest BCUT2D eigenvalue weighted by atomic mass is 16.5. The zero-order valence-corrected chi connectivity index (χ0v) is 23.8. The van der Waals surface area contributed by atoms with E-state index in [1.807, 2.05) is 60.5 Å². The second kappa shape index (κ2) is 12.6. The van der Waals surface area contributed by atoms with E-state index in [9.17, 15) is 15.0 Å². The SMILES string of the molecule is CN(C[C@@]1(C)CC[C@@H]2c3ccc(OCc4ccccc4)cc3CC[C@H]2[C@@H]1CCO)[C@@H](Cc1ccccc1)C(=O)O. The first-order chi connectivity index (χ1) is 19.4. The molecule has 40 heavy (non-hydrogen) atoms. The number of likely N-dealkylation sites (N-methyl/N-ethyl adjacent to an activating group) is 1. The number of benzene rings is 3. The van der Waals surface area contributed by atoms with Gasteiger partial charge in [-0.2, -0.15) is 0 Å². The van der Waals surface area contributed by atoms with Crippen LogP contribution in [0.3, 0.4) is 0 Å². The number of rotatable bonds is 11. The van der Waals surface area contributed by atoms with Crippen molar-refractivity contribution >= 4 is 5.97 Å². The van der Waals surface area contributed by atoms with Crippen LogP contribution in [0.2, 0.25) is 0 Å². The first kappa shape index (κ1) is 28.4. The fourth-order valence-electron chi connectivity index (χ4n) is 7.63. The smallest absolute Gasteiger partial charge is 0.321 e. The van der Waals surface area contributed by atoms with E-state index in [1.165, 1.54) is 11.1 Å². The van der Waals surface area contributed by atoms with Crippen LogP contribution in [0.25, 0.3) is 0 Å². The average Bonchev–Trinajstić information content (AvgIpc) is 2.97. The Labute approximate surface area is 238 Å². The molecular formula is C35H43NO4. The summed E-state index contributed by atoms with van der Waals surface area (Å²) in [5.41, 5.74) is 4.98. The van der Waals surface area contributed by atoms with Gasteiger partial charge in [-0.05, 0) is 103 Å². The van der Waals surface area contributed by atoms with Gasteiger partial charge in [0.25, 0.3) is 0 Å². The summed E-state index contributed by atoms with van der Waals surface area (Å²) >= 11 is 0. The molecule has 0 radical (unpaired) electrons. The Balaban J connectivity index is 1.30. The first-order valence-corrected chi connectivity index (χ1v) is 14.8. The van der Waals surface area contributed by atoms with Crippen LogP contribution < -0.4 is 4.74 Å². The lowest BCUT2D eigenvalue weighted by Gasteiger charge is -2.53. The average molecular weight is 542 g/mol. The number of fused-ring (bicyclic) bond motifs is 3. The molecule has 5 rings (SSSR count). The summed E-state index contributed by atoms with van der Waals surface area (Å²) in [5.74, 6) is 1.45. The van der Waals surface area contributed by atoms with Crippen LogP contribution in [-0.4, -0.2) is 47.3 Å². The molecule has 0 bridgehead atoms. The second-order valence-corrected chi connectivity index (χ2v) is 12.2. The number of carbonyl (C=O) groups is 1. The van der Waals surface area contributed by atoms with Crippen LogP contribution in [0.4, 0.5) is 0 Å². The number of carboxylic acid groups (broad SMARTS) is 1. The number of hydrogen-bond acceptors (Lipinski definition) is 4. The van der Waals surface area contributed by atoms with Crippen LogP contribution in [0, 0.1) is 17.3 Å². The van der Waals surface area contributed by atoms with E-state index in [2.05, 4.69) is 37.3 Å². The molecule has 0 saturated heterocycles. The van der Waals surface area contributed by atoms with Gasteiger partial charge in [0, 0.05) is 13.2 Å². The molecule has 0 aromatic heterocycles. The van der Waals surface area contributed by atoms with Crippen molar-refractivity contribution in [2.24, 2.45) is 17.3 Å². The Morgan fingerprint density at radius 1 is 1.02 bits per heavy atom. The quantitative estimate of drug-likeness (QED) is 0.297. The number of nitrogens with zero attached hydrogens (tertiary/aromatic N) is 1. The lowest BCUT2D eigenvalue weighted by atomic mass is 9.53. The molecule has 0 unspecified atom stereocenters. The highest BCUT2D eigenvalue weighted by Crippen LogP contribution is 2.56. The van der Waals surface area contributed by atoms with E-state index in [0.29, 0.717) is 37.3 Å². The van der Waals surface area contributed by atoms with Crippen molar-refractivity contribution in [3.8, 4) is 5.75 Å². The minimum absolute atomic E-state index is 0.0563. The minimum atomic E-state index is -0.778. The van der Waals surface area contributed by atoms with E-state index < -0.39 is 12.0 Å². The summed E-state index contributed by atoms with van der Waals surface area (Å²) in [6.07, 6.45) is 5.46. The van der Waals surface area contributed by atoms with E-state index in [-0.39, 0.29) is 12.0 Å². The van der Waals surface area contributed by atoms with Crippen LogP contribution in [0.15, 0.2) is 78.9 Å². The zero-order valence-electron chi connectivity index (χ0n) is 23.8. The predicted molar refractivity (Wildman–Crippen MR) is 159 cm³/mol. The Kier molecular flexibility index (Phi) is 8.92. The molecule has 0 heterocycles. The molecule has 0 amide bonds. The summed E-state index contributed by atoms with van der Waals surface area (Å²) in [7, 11) is 1.96. The lowest BCUT2D eigenvalue weighted by molar-refractivity contribution is -0.144. The van der Waals surface area contributed by atoms with Gasteiger partial charge in [-0.3, -0.25) is 9.69 Å². The Bertz CT molecular complexity index is 1260. The maximum absolute atomic E-state index is 12.3. The van der Waals surface area contributed by atoms with Gasteiger partial charge >= 0.3 is 5.97 Å². The van der Waals surface area contributed by atoms with Crippen molar-refractivity contribution < 1.29 is 19.7 Å². The number of hydrogen-bond donors (Lipinski definition) is 2. The van der Waals surface area contributed by atoms with Gasteiger partial charge in [-0.15, -0.1) is 0 Å². The molecule has 2 aliphatic carbocycles. The molecule has 0 aliphatic heterocycles. The highest BCUT2D eigenvalue weighted by molar-refractivity contribution is 5.74. The maximum Gasteiger partial charge on any atom is 0.321 e. The molecule has 212 valence electrons. The van der Waals surface area contributed by atoms with Gasteiger partial charge in [-0.1, -0.05) is 73.7 Å². The molecule has 5 atom stereocenters. The third-order valence-electron chi connectivity index (χ3n) is 9.60. The molecule has 1 saturated carbocycles. The molecule has 5 nitrogen and oxygen atoms in total. The first-order valence-electron chi connectivity index (χ1n) is 14.8. The summed E-state index contributed by atoms with van der Waals surface area (Å²) in [6.45, 7) is 3.78. The fraction of sp³-hybridized carbons (Fsp3) is 0.457. The van der Waals surface area contributed by atoms with Crippen LogP contribution in [-0.2, 0) is 24.2 Å². The minimum Gasteiger partial charge on any atom is -0.489 e. The van der Waals surface area contributed by atoms with Gasteiger partial charge < -0.3 is 14.9 Å². The van der Waals surface area contributed by atoms with Crippen molar-refractivity contribution in [3.63, 3.8) is 0 Å². The van der Waals surface area contributed by atoms with Gasteiger partial charge in [0.05, 0.1) is 0 Å². The third kappa shape index (κ3) is 6.26. The number of aliphatic carboxylic acids is 1. The number of aliphatic hydroxyl groups is 1. The molecule has 3 aromatic rings. The summed E-state index contributed by atoms with van der Waals surface area (Å²) in [6, 6.07) is 26.2. The summed E-state index contributed by atoms with van der Waals surface area (Å²) in [5, 5.41) is 20.2. The maximum atomic E-state index is 12.3. The van der Waals surface area contributed by atoms with Gasteiger partial charge in [-0.25, -0.2) is 0 Å². The molecule has 2 aliphatic rings. The van der Waals surface area contributed by atoms with E-state index in [4.69, 9.17) is 4.74 Å². The van der Waals surface area contributed by atoms with E-state index >= 15 is 0 Å². The van der Waals surface area contributed by atoms with Crippen molar-refractivity contribution in [3.05, 3.63) is 101 Å². The van der Waals surface area contributed by atoms with Crippen molar-refractivity contribution in [1.29, 1.82) is 0 Å². The fourth-order valence-corrected chi connectivity index (χ4v) is 7.63. The van der Waals surface area contributed by atoms with Crippen molar-refractivity contribution in [1.82, 2.24) is 4.90 Å². The van der Waals surface area contributed by atoms with Crippen molar-refractivity contribution in [2.45, 2.75) is 64.0 Å². The topological polar surface area (TPSA) is 70.0 Å². The Morgan fingerprint density at radius 2 is 1.73 bits per heavy atom. The van der Waals surface area contributed by atoms with E-state index in [0.717, 1.165) is 49.0 Å². The second-order valence-electron chi connectivity index (χ2n) is 12.2. The van der Waals surface area contributed by atoms with Crippen LogP contribution in [0.1, 0.15) is 60.8 Å². The molecule has 5 heteroatoms. The number of carboxylic acids is 1. The Morgan fingerprint density at radius 3 is 2.40 bits per heavy atom. The van der Waals surface area contributed by atoms with Gasteiger partial charge in [0.1, 0.15) is 18.4 Å². The molecular weight excluding hydrogens is 498 g/mol. The van der Waals surface area contributed by atoms with E-state index in [1.54, 1.807) is 0 Å². The number of aryl methyl sites for hydroxylation is 1. The normalized spacial score (nSPS) is 24.6. The molecule has 3 aromatic carbocycles. The zero-order chi connectivity index (χ0) is 28.1. The molecule has 0 spiro atoms. The standard InChI is InChI=1S/C35H43NO4/c1-35(24-36(2)33(34(38)39)21-25-9-5-3-6-10-25)19-17-30-29-16-14-28(40-23-26-11-7-4-8-12-26)22-27(29)13-15-31(30)32(35)18-20-37/h3-12,14,16,22,30-33,37H,13,15,17-21,23-24H2,1-2H3,(H,38,39)/t30-,31-,32+,33+,35-/m1/s1. The van der Waals surface area contributed by atoms with Crippen molar-refractivity contribution in [2.75, 3.05) is 20.2 Å². The Hall–Kier alpha value is -3.15. The van der Waals surface area contributed by atoms with Gasteiger partial charge in [0.15, 0.2) is 0 Å². The van der Waals surface area contributed by atoms with Crippen LogP contribution in [0.5, 0.6) is 5.75 Å². The summed E-state index contributed by atoms with van der Waals surface area (Å²) < 4.78 is 6.13. The number of ether oxygens (including phenoxy) is 1. The van der Waals surface area contributed by atoms with Gasteiger partial charge in [0.2, 0.25) is 0 Å². The highest BCUT2D eigenvalue weighted by Gasteiger charge is 2.48. The van der Waals surface area contributed by atoms with Crippen LogP contribution >= 0.6 is 0 Å². The molecule has 2 N–H and O–H groups in total. The molecule has 1 fully saturated rings. The number of aliphatic hydroxyl groups excluding tert-OH is 1. The lowest BCUT2D eigenvalue weighted by Crippen LogP contribution is -2.51.